The number of anilines is 2. The molecule has 0 bridgehead atoms. The Bertz CT molecular complexity index is 1440. The average molecular weight is 593 g/mol. The summed E-state index contributed by atoms with van der Waals surface area (Å²) < 4.78 is 54.3. The van der Waals surface area contributed by atoms with Crippen molar-refractivity contribution in [1.29, 1.82) is 0 Å². The van der Waals surface area contributed by atoms with Gasteiger partial charge < -0.3 is 24.3 Å². The summed E-state index contributed by atoms with van der Waals surface area (Å²) in [6, 6.07) is 8.31. The van der Waals surface area contributed by atoms with Crippen LogP contribution in [-0.4, -0.2) is 75.0 Å². The second kappa shape index (κ2) is 11.5. The van der Waals surface area contributed by atoms with Gasteiger partial charge in [0.25, 0.3) is 0 Å². The molecule has 42 heavy (non-hydrogen) atoms. The third kappa shape index (κ3) is 7.96. The van der Waals surface area contributed by atoms with Crippen molar-refractivity contribution in [2.75, 3.05) is 30.8 Å². The fraction of sp³-hybridized carbons (Fsp3) is 0.552. The van der Waals surface area contributed by atoms with Crippen molar-refractivity contribution in [3.8, 4) is 11.4 Å². The molecule has 2 aromatic heterocycles. The van der Waals surface area contributed by atoms with Crippen molar-refractivity contribution in [2.24, 2.45) is 0 Å². The van der Waals surface area contributed by atoms with Gasteiger partial charge in [0.15, 0.2) is 0 Å². The summed E-state index contributed by atoms with van der Waals surface area (Å²) in [4.78, 5) is 27.9. The first kappa shape index (κ1) is 31.2. The Morgan fingerprint density at radius 2 is 1.64 bits per heavy atom. The third-order valence-electron chi connectivity index (χ3n) is 6.53. The van der Waals surface area contributed by atoms with E-state index in [4.69, 9.17) is 9.47 Å². The Hall–Kier alpha value is -3.74. The highest BCUT2D eigenvalue weighted by atomic mass is 19.4. The van der Waals surface area contributed by atoms with Gasteiger partial charge in [-0.1, -0.05) is 6.07 Å². The Labute approximate surface area is 243 Å². The van der Waals surface area contributed by atoms with Crippen LogP contribution in [0.25, 0.3) is 22.3 Å². The molecule has 10 nitrogen and oxygen atoms in total. The van der Waals surface area contributed by atoms with Crippen LogP contribution in [0.4, 0.5) is 34.3 Å². The first-order chi connectivity index (χ1) is 19.4. The van der Waals surface area contributed by atoms with E-state index in [9.17, 15) is 22.8 Å². The van der Waals surface area contributed by atoms with Gasteiger partial charge in [-0.05, 0) is 92.7 Å². The number of carbonyl (C=O) groups excluding carboxylic acids is 2. The molecule has 2 N–H and O–H groups in total. The van der Waals surface area contributed by atoms with Crippen molar-refractivity contribution in [3.05, 3.63) is 30.3 Å². The number of halogens is 3. The van der Waals surface area contributed by atoms with Crippen molar-refractivity contribution in [1.82, 2.24) is 19.2 Å². The largest absolute Gasteiger partial charge is 0.444 e. The number of hydrogen-bond acceptors (Lipinski definition) is 7. The number of fused-ring (bicyclic) bond motifs is 1. The molecule has 1 saturated heterocycles. The number of nitrogens with zero attached hydrogens (tertiary/aromatic N) is 4. The maximum atomic E-state index is 13.9. The first-order valence-electron chi connectivity index (χ1n) is 13.9. The number of carbonyl (C=O) groups is 2. The van der Waals surface area contributed by atoms with E-state index in [1.807, 2.05) is 6.07 Å². The van der Waals surface area contributed by atoms with Gasteiger partial charge in [-0.3, -0.25) is 5.32 Å². The highest BCUT2D eigenvalue weighted by Crippen LogP contribution is 2.36. The number of likely N-dealkylation sites (tertiary alicyclic amines) is 1. The number of nitrogens with one attached hydrogen (secondary N) is 2. The molecule has 3 heterocycles. The lowest BCUT2D eigenvalue weighted by molar-refractivity contribution is -0.139. The smallest absolute Gasteiger partial charge is 0.437 e. The van der Waals surface area contributed by atoms with Gasteiger partial charge in [0.1, 0.15) is 29.3 Å². The van der Waals surface area contributed by atoms with Crippen LogP contribution in [0.2, 0.25) is 0 Å². The fourth-order valence-electron chi connectivity index (χ4n) is 4.79. The van der Waals surface area contributed by atoms with Gasteiger partial charge in [0.2, 0.25) is 0 Å². The van der Waals surface area contributed by atoms with Gasteiger partial charge in [-0.2, -0.15) is 18.3 Å². The lowest BCUT2D eigenvalue weighted by Crippen LogP contribution is -2.36. The molecular weight excluding hydrogens is 553 g/mol. The van der Waals surface area contributed by atoms with Crippen LogP contribution in [0.5, 0.6) is 0 Å². The highest BCUT2D eigenvalue weighted by Gasteiger charge is 2.32. The van der Waals surface area contributed by atoms with E-state index >= 15 is 0 Å². The van der Waals surface area contributed by atoms with E-state index in [1.54, 1.807) is 59.7 Å². The summed E-state index contributed by atoms with van der Waals surface area (Å²) in [6.45, 7) is 10.6. The topological polar surface area (TPSA) is 103 Å². The Morgan fingerprint density at radius 3 is 2.24 bits per heavy atom. The zero-order chi connectivity index (χ0) is 31.0. The molecule has 0 radical (unpaired) electrons. The number of alkyl halides is 3. The van der Waals surface area contributed by atoms with Crippen LogP contribution in [0.3, 0.4) is 0 Å². The Morgan fingerprint density at radius 1 is 1.00 bits per heavy atom. The number of rotatable bonds is 5. The lowest BCUT2D eigenvalue weighted by atomic mass is 10.0. The number of ether oxygens (including phenoxy) is 2. The predicted molar refractivity (Wildman–Crippen MR) is 155 cm³/mol. The summed E-state index contributed by atoms with van der Waals surface area (Å²) in [7, 11) is 2.06. The van der Waals surface area contributed by atoms with Crippen molar-refractivity contribution >= 4 is 34.6 Å². The summed E-state index contributed by atoms with van der Waals surface area (Å²) in [5, 5.41) is 10.9. The second-order valence-electron chi connectivity index (χ2n) is 12.6. The zero-order valence-corrected chi connectivity index (χ0v) is 25.1. The minimum atomic E-state index is -4.54. The molecule has 1 aliphatic rings. The molecule has 0 saturated carbocycles. The maximum Gasteiger partial charge on any atom is 0.437 e. The Kier molecular flexibility index (Phi) is 8.55. The van der Waals surface area contributed by atoms with E-state index < -0.39 is 36.1 Å². The second-order valence-corrected chi connectivity index (χ2v) is 12.6. The monoisotopic (exact) mass is 592 g/mol. The van der Waals surface area contributed by atoms with Crippen LogP contribution >= 0.6 is 0 Å². The van der Waals surface area contributed by atoms with E-state index in [2.05, 4.69) is 27.7 Å². The molecule has 0 atom stereocenters. The van der Waals surface area contributed by atoms with Crippen LogP contribution in [0.1, 0.15) is 54.4 Å². The predicted octanol–water partition coefficient (Wildman–Crippen LogP) is 6.70. The number of hydrogen-bond donors (Lipinski definition) is 2. The number of piperidine rings is 1. The molecule has 4 rings (SSSR count). The zero-order valence-electron chi connectivity index (χ0n) is 25.1. The molecule has 1 aliphatic heterocycles. The molecule has 0 spiro atoms. The molecule has 13 heteroatoms. The normalized spacial score (nSPS) is 15.6. The van der Waals surface area contributed by atoms with E-state index in [0.717, 1.165) is 35.2 Å². The number of benzene rings is 1. The minimum absolute atomic E-state index is 0.0395. The van der Waals surface area contributed by atoms with Crippen LogP contribution in [0.15, 0.2) is 30.3 Å². The van der Waals surface area contributed by atoms with Crippen LogP contribution < -0.4 is 10.6 Å². The van der Waals surface area contributed by atoms with Crippen molar-refractivity contribution in [2.45, 2.75) is 84.3 Å². The quantitative estimate of drug-likeness (QED) is 0.340. The summed E-state index contributed by atoms with van der Waals surface area (Å²) in [5.74, 6) is -0.109. The number of amides is 1. The molecule has 3 aromatic rings. The van der Waals surface area contributed by atoms with E-state index in [1.165, 1.54) is 6.07 Å². The lowest BCUT2D eigenvalue weighted by Gasteiger charge is -2.30. The molecular formula is C29H39F3N6O4. The summed E-state index contributed by atoms with van der Waals surface area (Å²) in [6.07, 6.45) is -4.50. The molecule has 230 valence electrons. The van der Waals surface area contributed by atoms with Gasteiger partial charge >= 0.3 is 18.4 Å². The average Bonchev–Trinajstić information content (AvgIpc) is 3.39. The molecule has 1 amide bonds. The molecule has 1 aromatic carbocycles. The van der Waals surface area contributed by atoms with Gasteiger partial charge in [0, 0.05) is 23.2 Å². The Balaban J connectivity index is 1.81. The SMILES string of the molecule is CN1CCC(Nc2cccc3c2cc(-c2cc(NC(=O)OC(C)(C)C)n(C(=O)OC(C)(C)C)n2)n3CC(F)(F)F)CC1. The fourth-order valence-corrected chi connectivity index (χ4v) is 4.79. The first-order valence-corrected chi connectivity index (χ1v) is 13.9. The van der Waals surface area contributed by atoms with Crippen molar-refractivity contribution in [3.63, 3.8) is 0 Å². The molecule has 1 fully saturated rings. The van der Waals surface area contributed by atoms with Crippen LogP contribution in [0, 0.1) is 0 Å². The highest BCUT2D eigenvalue weighted by molar-refractivity contribution is 5.97. The van der Waals surface area contributed by atoms with Gasteiger partial charge in [-0.15, -0.1) is 4.68 Å². The minimum Gasteiger partial charge on any atom is -0.444 e. The third-order valence-corrected chi connectivity index (χ3v) is 6.53. The van der Waals surface area contributed by atoms with Gasteiger partial charge in [-0.25, -0.2) is 9.59 Å². The maximum absolute atomic E-state index is 13.9. The van der Waals surface area contributed by atoms with Crippen LogP contribution in [-0.2, 0) is 16.0 Å². The number of aromatic nitrogens is 3. The molecule has 0 unspecified atom stereocenters. The standard InChI is InChI=1S/C29H39F3N6O4/c1-27(2,3)41-25(39)34-24-16-21(35-38(24)26(40)42-28(4,5)6)23-15-19-20(33-18-11-13-36(7)14-12-18)9-8-10-22(19)37(23)17-29(30,31)32/h8-10,15-16,18,33H,11-14,17H2,1-7H3,(H,34,39). The van der Waals surface area contributed by atoms with Gasteiger partial charge in [0.05, 0.1) is 11.2 Å². The van der Waals surface area contributed by atoms with E-state index in [-0.39, 0.29) is 23.2 Å². The van der Waals surface area contributed by atoms with Crippen molar-refractivity contribution < 1.29 is 32.2 Å². The summed E-state index contributed by atoms with van der Waals surface area (Å²) >= 11 is 0. The van der Waals surface area contributed by atoms with E-state index in [0.29, 0.717) is 16.6 Å². The summed E-state index contributed by atoms with van der Waals surface area (Å²) in [5.41, 5.74) is -0.504. The molecule has 0 aliphatic carbocycles.